The maximum Gasteiger partial charge on any atom is 0.345 e. The first-order valence-corrected chi connectivity index (χ1v) is 8.52. The van der Waals surface area contributed by atoms with Gasteiger partial charge in [0.2, 0.25) is 17.4 Å². The van der Waals surface area contributed by atoms with Crippen LogP contribution in [-0.4, -0.2) is 18.9 Å². The molecular weight excluding hydrogens is 460 g/mol. The van der Waals surface area contributed by atoms with Crippen LogP contribution < -0.4 is 4.74 Å². The Bertz CT molecular complexity index is 967. The van der Waals surface area contributed by atoms with Crippen molar-refractivity contribution in [2.75, 3.05) is 0 Å². The molecule has 12 heteroatoms. The summed E-state index contributed by atoms with van der Waals surface area (Å²) in [6, 6.07) is 3.65. The minimum Gasteiger partial charge on any atom is -0.744 e. The van der Waals surface area contributed by atoms with E-state index in [1.807, 2.05) is 0 Å². The second kappa shape index (κ2) is 6.90. The van der Waals surface area contributed by atoms with E-state index in [-0.39, 0.29) is 5.02 Å². The van der Waals surface area contributed by atoms with E-state index in [4.69, 9.17) is 11.6 Å². The van der Waals surface area contributed by atoms with Crippen LogP contribution in [0.3, 0.4) is 0 Å². The van der Waals surface area contributed by atoms with Crippen LogP contribution in [0.4, 0.5) is 17.6 Å². The van der Waals surface area contributed by atoms with Crippen LogP contribution in [0.5, 0.6) is 5.75 Å². The van der Waals surface area contributed by atoms with E-state index in [1.165, 1.54) is 12.1 Å². The quantitative estimate of drug-likeness (QED) is 0.228. The van der Waals surface area contributed by atoms with Gasteiger partial charge < -0.3 is 9.29 Å². The summed E-state index contributed by atoms with van der Waals surface area (Å²) in [5.41, 5.74) is -0.398. The molecule has 0 aliphatic rings. The molecule has 0 saturated carbocycles. The molecule has 2 rings (SSSR count). The Morgan fingerprint density at radius 3 is 2.04 bits per heavy atom. The molecule has 0 fully saturated rings. The number of ether oxygens (including phenoxy) is 1. The Balaban J connectivity index is 2.56. The fraction of sp³-hybridized carbons (Fsp3) is 0. The maximum absolute atomic E-state index is 13.8. The lowest BCUT2D eigenvalue weighted by Crippen LogP contribution is -2.16. The van der Waals surface area contributed by atoms with Crippen molar-refractivity contribution >= 4 is 43.6 Å². The number of hydrogen-bond donors (Lipinski definition) is 0. The fourth-order valence-electron chi connectivity index (χ4n) is 1.70. The largest absolute Gasteiger partial charge is 0.744 e. The lowest BCUT2D eigenvalue weighted by Gasteiger charge is -2.14. The molecule has 5 nitrogen and oxygen atoms in total. The number of carbonyl (C=O) groups is 1. The lowest BCUT2D eigenvalue weighted by atomic mass is 10.2. The van der Waals surface area contributed by atoms with E-state index in [0.717, 1.165) is 6.07 Å². The molecule has 0 spiro atoms. The lowest BCUT2D eigenvalue weighted by molar-refractivity contribution is 0.0716. The number of halogens is 6. The van der Waals surface area contributed by atoms with Crippen molar-refractivity contribution in [2.45, 2.75) is 4.90 Å². The normalized spacial score (nSPS) is 11.5. The molecule has 0 aliphatic heterocycles. The summed E-state index contributed by atoms with van der Waals surface area (Å²) >= 11 is 8.77. The molecule has 25 heavy (non-hydrogen) atoms. The zero-order valence-corrected chi connectivity index (χ0v) is 14.6. The zero-order chi connectivity index (χ0) is 19.1. The summed E-state index contributed by atoms with van der Waals surface area (Å²) in [6.07, 6.45) is 0. The van der Waals surface area contributed by atoms with Crippen molar-refractivity contribution < 1.29 is 40.1 Å². The van der Waals surface area contributed by atoms with E-state index in [0.29, 0.717) is 4.47 Å². The number of benzene rings is 2. The van der Waals surface area contributed by atoms with Crippen molar-refractivity contribution in [1.29, 1.82) is 0 Å². The summed E-state index contributed by atoms with van der Waals surface area (Å²) in [4.78, 5) is 9.52. The second-order valence-electron chi connectivity index (χ2n) is 4.38. The summed E-state index contributed by atoms with van der Waals surface area (Å²) in [5.74, 6) is -13.1. The van der Waals surface area contributed by atoms with Crippen LogP contribution in [0.25, 0.3) is 0 Å². The van der Waals surface area contributed by atoms with E-state index in [2.05, 4.69) is 20.7 Å². The molecule has 0 bridgehead atoms. The maximum atomic E-state index is 13.8. The Morgan fingerprint density at radius 2 is 1.60 bits per heavy atom. The third kappa shape index (κ3) is 3.78. The van der Waals surface area contributed by atoms with Crippen molar-refractivity contribution in [1.82, 2.24) is 0 Å². The Labute approximate surface area is 151 Å². The smallest absolute Gasteiger partial charge is 0.345 e. The predicted octanol–water partition coefficient (Wildman–Crippen LogP) is 3.78. The Kier molecular flexibility index (Phi) is 5.42. The van der Waals surface area contributed by atoms with Gasteiger partial charge in [-0.15, -0.1) is 0 Å². The summed E-state index contributed by atoms with van der Waals surface area (Å²) < 4.78 is 91.6. The van der Waals surface area contributed by atoms with Gasteiger partial charge in [-0.25, -0.2) is 22.0 Å². The van der Waals surface area contributed by atoms with Gasteiger partial charge in [0, 0.05) is 4.47 Å². The van der Waals surface area contributed by atoms with Crippen LogP contribution in [0, 0.1) is 23.3 Å². The van der Waals surface area contributed by atoms with Gasteiger partial charge in [0.1, 0.15) is 15.0 Å². The van der Waals surface area contributed by atoms with E-state index >= 15 is 0 Å². The van der Waals surface area contributed by atoms with E-state index < -0.39 is 55.6 Å². The van der Waals surface area contributed by atoms with Gasteiger partial charge in [-0.2, -0.15) is 8.78 Å². The average molecular weight is 463 g/mol. The minimum absolute atomic E-state index is 0.208. The van der Waals surface area contributed by atoms with Crippen LogP contribution in [0.2, 0.25) is 5.02 Å². The van der Waals surface area contributed by atoms with Gasteiger partial charge in [-0.1, -0.05) is 27.5 Å². The van der Waals surface area contributed by atoms with E-state index in [9.17, 15) is 35.3 Å². The first-order valence-electron chi connectivity index (χ1n) is 5.94. The summed E-state index contributed by atoms with van der Waals surface area (Å²) in [5, 5.41) is -0.208. The molecule has 0 amide bonds. The van der Waals surface area contributed by atoms with Crippen LogP contribution >= 0.6 is 27.5 Å². The minimum atomic E-state index is -5.86. The van der Waals surface area contributed by atoms with Gasteiger partial charge in [0.25, 0.3) is 0 Å². The van der Waals surface area contributed by atoms with Crippen LogP contribution in [0.1, 0.15) is 10.4 Å². The van der Waals surface area contributed by atoms with Gasteiger partial charge >= 0.3 is 5.97 Å². The van der Waals surface area contributed by atoms with Crippen molar-refractivity contribution in [2.24, 2.45) is 0 Å². The first-order chi connectivity index (χ1) is 11.4. The number of carbonyl (C=O) groups excluding carboxylic acids is 1. The van der Waals surface area contributed by atoms with Crippen molar-refractivity contribution in [3.63, 3.8) is 0 Å². The molecule has 2 aromatic rings. The first kappa shape index (κ1) is 19.6. The molecule has 0 N–H and O–H groups in total. The molecule has 0 aliphatic carbocycles. The monoisotopic (exact) mass is 461 g/mol. The molecule has 0 heterocycles. The molecule has 0 radical (unpaired) electrons. The second-order valence-corrected chi connectivity index (χ2v) is 7.02. The number of rotatable bonds is 3. The fourth-order valence-corrected chi connectivity index (χ4v) is 3.07. The highest BCUT2D eigenvalue weighted by molar-refractivity contribution is 9.10. The van der Waals surface area contributed by atoms with Gasteiger partial charge in [-0.3, -0.25) is 0 Å². The average Bonchev–Trinajstić information content (AvgIpc) is 2.48. The van der Waals surface area contributed by atoms with E-state index in [1.54, 1.807) is 0 Å². The summed E-state index contributed by atoms with van der Waals surface area (Å²) in [6.45, 7) is 0. The molecule has 0 unspecified atom stereocenters. The van der Waals surface area contributed by atoms with Gasteiger partial charge in [0.05, 0.1) is 10.6 Å². The highest BCUT2D eigenvalue weighted by Crippen LogP contribution is 2.33. The third-order valence-electron chi connectivity index (χ3n) is 2.78. The Morgan fingerprint density at radius 1 is 1.08 bits per heavy atom. The molecule has 0 saturated heterocycles. The standard InChI is InChI=1S/C13H4BrClF4O5S/c14-4-1-2-5(6(15)3-4)13(20)24-11-7(16)9(18)12(25(21,22)23)10(19)8(11)17/h1-3H,(H,21,22,23)/p-1. The van der Waals surface area contributed by atoms with Crippen molar-refractivity contribution in [3.05, 3.63) is 56.5 Å². The highest BCUT2D eigenvalue weighted by Gasteiger charge is 2.31. The molecular formula is C13H3BrClF4O5S-. The number of esters is 1. The molecule has 134 valence electrons. The van der Waals surface area contributed by atoms with Crippen molar-refractivity contribution in [3.8, 4) is 5.75 Å². The summed E-state index contributed by atoms with van der Waals surface area (Å²) in [7, 11) is -5.86. The number of hydrogen-bond acceptors (Lipinski definition) is 5. The molecule has 0 atom stereocenters. The molecule has 2 aromatic carbocycles. The third-order valence-corrected chi connectivity index (χ3v) is 4.44. The topological polar surface area (TPSA) is 83.5 Å². The Hall–Kier alpha value is -1.69. The zero-order valence-electron chi connectivity index (χ0n) is 11.4. The predicted molar refractivity (Wildman–Crippen MR) is 78.3 cm³/mol. The molecule has 0 aromatic heterocycles. The van der Waals surface area contributed by atoms with Crippen LogP contribution in [-0.2, 0) is 10.1 Å². The SMILES string of the molecule is O=C(Oc1c(F)c(F)c(S(=O)(=O)[O-])c(F)c1F)c1ccc(Br)cc1Cl. The van der Waals surface area contributed by atoms with Gasteiger partial charge in [-0.05, 0) is 18.2 Å². The highest BCUT2D eigenvalue weighted by atomic mass is 79.9. The van der Waals surface area contributed by atoms with Crippen LogP contribution in [0.15, 0.2) is 27.6 Å². The van der Waals surface area contributed by atoms with Gasteiger partial charge in [0.15, 0.2) is 11.6 Å².